The van der Waals surface area contributed by atoms with Crippen LogP contribution < -0.4 is 10.1 Å². The molecule has 0 radical (unpaired) electrons. The van der Waals surface area contributed by atoms with Crippen LogP contribution in [0.5, 0.6) is 5.75 Å². The van der Waals surface area contributed by atoms with Crippen LogP contribution in [-0.4, -0.2) is 35.4 Å². The zero-order valence-electron chi connectivity index (χ0n) is 23.2. The SMILES string of the molecule is CC(C)(C)c1ccc(OCC(=O)N(Cc2cccc(Cl)c2)C(Cc2ccccc2)C(=O)NC2CCCC2)cc1. The fourth-order valence-electron chi connectivity index (χ4n) is 5.03. The van der Waals surface area contributed by atoms with Gasteiger partial charge in [0.25, 0.3) is 5.91 Å². The monoisotopic (exact) mass is 546 g/mol. The molecule has 3 aromatic rings. The minimum Gasteiger partial charge on any atom is -0.484 e. The number of amides is 2. The van der Waals surface area contributed by atoms with Crippen LogP contribution in [0.3, 0.4) is 0 Å². The summed E-state index contributed by atoms with van der Waals surface area (Å²) in [5.41, 5.74) is 3.07. The summed E-state index contributed by atoms with van der Waals surface area (Å²) in [5.74, 6) is 0.238. The number of rotatable bonds is 10. The summed E-state index contributed by atoms with van der Waals surface area (Å²) in [5, 5.41) is 3.81. The lowest BCUT2D eigenvalue weighted by Crippen LogP contribution is -2.53. The molecule has 0 spiro atoms. The first-order valence-electron chi connectivity index (χ1n) is 13.8. The Labute approximate surface area is 237 Å². The molecule has 1 fully saturated rings. The number of nitrogens with zero attached hydrogens (tertiary/aromatic N) is 1. The summed E-state index contributed by atoms with van der Waals surface area (Å²) in [7, 11) is 0. The Hall–Kier alpha value is -3.31. The van der Waals surface area contributed by atoms with Crippen molar-refractivity contribution in [3.05, 3.63) is 101 Å². The van der Waals surface area contributed by atoms with Gasteiger partial charge in [0, 0.05) is 24.0 Å². The fraction of sp³-hybridized carbons (Fsp3) is 0.394. The molecule has 2 amide bonds. The Morgan fingerprint density at radius 2 is 1.62 bits per heavy atom. The molecule has 206 valence electrons. The van der Waals surface area contributed by atoms with Crippen LogP contribution in [0.15, 0.2) is 78.9 Å². The second kappa shape index (κ2) is 13.2. The highest BCUT2D eigenvalue weighted by Gasteiger charge is 2.32. The van der Waals surface area contributed by atoms with Gasteiger partial charge in [0.1, 0.15) is 11.8 Å². The average Bonchev–Trinajstić information content (AvgIpc) is 3.42. The molecule has 0 aliphatic heterocycles. The number of carbonyl (C=O) groups is 2. The van der Waals surface area contributed by atoms with E-state index >= 15 is 0 Å². The van der Waals surface area contributed by atoms with Crippen molar-refractivity contribution in [3.8, 4) is 5.75 Å². The minimum absolute atomic E-state index is 0.0272. The van der Waals surface area contributed by atoms with E-state index in [-0.39, 0.29) is 36.4 Å². The van der Waals surface area contributed by atoms with Crippen LogP contribution in [-0.2, 0) is 28.0 Å². The first kappa shape index (κ1) is 28.7. The molecular formula is C33H39ClN2O3. The molecule has 1 N–H and O–H groups in total. The topological polar surface area (TPSA) is 58.6 Å². The molecule has 5 nitrogen and oxygen atoms in total. The molecular weight excluding hydrogens is 508 g/mol. The van der Waals surface area contributed by atoms with Crippen molar-refractivity contribution in [2.24, 2.45) is 0 Å². The van der Waals surface area contributed by atoms with Gasteiger partial charge < -0.3 is 15.0 Å². The zero-order valence-corrected chi connectivity index (χ0v) is 23.9. The van der Waals surface area contributed by atoms with E-state index in [4.69, 9.17) is 16.3 Å². The maximum absolute atomic E-state index is 13.8. The van der Waals surface area contributed by atoms with Crippen LogP contribution >= 0.6 is 11.6 Å². The maximum Gasteiger partial charge on any atom is 0.261 e. The van der Waals surface area contributed by atoms with Crippen LogP contribution in [0.25, 0.3) is 0 Å². The Bertz CT molecular complexity index is 1230. The first-order valence-corrected chi connectivity index (χ1v) is 14.2. The van der Waals surface area contributed by atoms with Gasteiger partial charge in [0.2, 0.25) is 5.91 Å². The van der Waals surface area contributed by atoms with Crippen molar-refractivity contribution in [2.45, 2.75) is 76.9 Å². The lowest BCUT2D eigenvalue weighted by atomic mass is 9.87. The molecule has 3 aromatic carbocycles. The molecule has 0 bridgehead atoms. The van der Waals surface area contributed by atoms with Crippen LogP contribution in [0, 0.1) is 0 Å². The molecule has 0 heterocycles. The Kier molecular flexibility index (Phi) is 9.68. The highest BCUT2D eigenvalue weighted by atomic mass is 35.5. The van der Waals surface area contributed by atoms with Crippen molar-refractivity contribution >= 4 is 23.4 Å². The van der Waals surface area contributed by atoms with E-state index in [9.17, 15) is 9.59 Å². The van der Waals surface area contributed by atoms with Crippen LogP contribution in [0.1, 0.15) is 63.1 Å². The zero-order chi connectivity index (χ0) is 27.8. The number of hydrogen-bond donors (Lipinski definition) is 1. The number of halogens is 1. The number of benzene rings is 3. The molecule has 1 atom stereocenters. The Morgan fingerprint density at radius 1 is 0.949 bits per heavy atom. The van der Waals surface area contributed by atoms with Gasteiger partial charge in [-0.25, -0.2) is 0 Å². The largest absolute Gasteiger partial charge is 0.484 e. The van der Waals surface area contributed by atoms with E-state index in [1.54, 1.807) is 11.0 Å². The van der Waals surface area contributed by atoms with E-state index in [0.717, 1.165) is 36.8 Å². The number of nitrogens with one attached hydrogen (secondary N) is 1. The lowest BCUT2D eigenvalue weighted by molar-refractivity contribution is -0.143. The number of hydrogen-bond acceptors (Lipinski definition) is 3. The second-order valence-electron chi connectivity index (χ2n) is 11.4. The highest BCUT2D eigenvalue weighted by molar-refractivity contribution is 6.30. The number of ether oxygens (including phenoxy) is 1. The third-order valence-corrected chi connectivity index (χ3v) is 7.53. The summed E-state index contributed by atoms with van der Waals surface area (Å²) >= 11 is 6.27. The third kappa shape index (κ3) is 8.34. The predicted molar refractivity (Wildman–Crippen MR) is 157 cm³/mol. The molecule has 39 heavy (non-hydrogen) atoms. The van der Waals surface area contributed by atoms with Gasteiger partial charge >= 0.3 is 0 Å². The summed E-state index contributed by atoms with van der Waals surface area (Å²) in [6, 6.07) is 24.6. The average molecular weight is 547 g/mol. The Balaban J connectivity index is 1.58. The molecule has 1 aliphatic carbocycles. The van der Waals surface area contributed by atoms with Crippen molar-refractivity contribution in [1.82, 2.24) is 10.2 Å². The van der Waals surface area contributed by atoms with Crippen molar-refractivity contribution in [2.75, 3.05) is 6.61 Å². The third-order valence-electron chi connectivity index (χ3n) is 7.30. The molecule has 6 heteroatoms. The normalized spacial score (nSPS) is 14.6. The number of carbonyl (C=O) groups excluding carboxylic acids is 2. The molecule has 1 unspecified atom stereocenters. The standard InChI is InChI=1S/C33H39ClN2O3/c1-33(2,3)26-16-18-29(19-17-26)39-23-31(37)36(22-25-12-9-13-27(34)20-25)30(21-24-10-5-4-6-11-24)32(38)35-28-14-7-8-15-28/h4-6,9-13,16-20,28,30H,7-8,14-15,21-23H2,1-3H3,(H,35,38). The molecule has 1 aliphatic rings. The highest BCUT2D eigenvalue weighted by Crippen LogP contribution is 2.25. The lowest BCUT2D eigenvalue weighted by Gasteiger charge is -2.32. The summed E-state index contributed by atoms with van der Waals surface area (Å²) in [4.78, 5) is 29.2. The van der Waals surface area contributed by atoms with Crippen molar-refractivity contribution < 1.29 is 14.3 Å². The summed E-state index contributed by atoms with van der Waals surface area (Å²) in [6.45, 7) is 6.55. The van der Waals surface area contributed by atoms with Crippen LogP contribution in [0.2, 0.25) is 5.02 Å². The maximum atomic E-state index is 13.8. The quantitative estimate of drug-likeness (QED) is 0.307. The molecule has 0 aromatic heterocycles. The van der Waals surface area contributed by atoms with E-state index in [2.05, 4.69) is 26.1 Å². The Morgan fingerprint density at radius 3 is 2.26 bits per heavy atom. The van der Waals surface area contributed by atoms with Gasteiger partial charge in [-0.15, -0.1) is 0 Å². The van der Waals surface area contributed by atoms with Crippen molar-refractivity contribution in [3.63, 3.8) is 0 Å². The first-order chi connectivity index (χ1) is 18.7. The van der Waals surface area contributed by atoms with Gasteiger partial charge in [-0.05, 0) is 59.2 Å². The van der Waals surface area contributed by atoms with E-state index in [1.165, 1.54) is 5.56 Å². The van der Waals surface area contributed by atoms with Gasteiger partial charge in [0.05, 0.1) is 0 Å². The van der Waals surface area contributed by atoms with Gasteiger partial charge in [-0.1, -0.05) is 99.8 Å². The fourth-order valence-corrected chi connectivity index (χ4v) is 5.25. The predicted octanol–water partition coefficient (Wildman–Crippen LogP) is 6.72. The summed E-state index contributed by atoms with van der Waals surface area (Å²) < 4.78 is 5.94. The van der Waals surface area contributed by atoms with E-state index in [0.29, 0.717) is 17.2 Å². The van der Waals surface area contributed by atoms with Crippen molar-refractivity contribution in [1.29, 1.82) is 0 Å². The van der Waals surface area contributed by atoms with E-state index in [1.807, 2.05) is 72.8 Å². The van der Waals surface area contributed by atoms with Gasteiger partial charge in [0.15, 0.2) is 6.61 Å². The molecule has 0 saturated heterocycles. The second-order valence-corrected chi connectivity index (χ2v) is 11.8. The van der Waals surface area contributed by atoms with E-state index < -0.39 is 6.04 Å². The molecule has 4 rings (SSSR count). The summed E-state index contributed by atoms with van der Waals surface area (Å²) in [6.07, 6.45) is 4.58. The minimum atomic E-state index is -0.689. The molecule has 1 saturated carbocycles. The van der Waals surface area contributed by atoms with Gasteiger partial charge in [-0.3, -0.25) is 9.59 Å². The van der Waals surface area contributed by atoms with Crippen LogP contribution in [0.4, 0.5) is 0 Å². The smallest absolute Gasteiger partial charge is 0.261 e. The van der Waals surface area contributed by atoms with Gasteiger partial charge in [-0.2, -0.15) is 0 Å².